The van der Waals surface area contributed by atoms with E-state index >= 15 is 0 Å². The maximum atomic E-state index is 3.93. The number of nitrogens with one attached hydrogen (secondary N) is 1. The van der Waals surface area contributed by atoms with E-state index in [4.69, 9.17) is 0 Å². The first-order valence-corrected chi connectivity index (χ1v) is 15.5. The molecule has 0 heterocycles. The Hall–Kier alpha value is -4.88. The van der Waals surface area contributed by atoms with Crippen LogP contribution in [0.3, 0.4) is 0 Å². The van der Waals surface area contributed by atoms with Crippen LogP contribution in [0.2, 0.25) is 0 Å². The van der Waals surface area contributed by atoms with Crippen molar-refractivity contribution in [2.75, 3.05) is 5.32 Å². The lowest BCUT2D eigenvalue weighted by Gasteiger charge is -2.24. The Morgan fingerprint density at radius 2 is 1.05 bits per heavy atom. The average molecular weight is 554 g/mol. The third-order valence-electron chi connectivity index (χ3n) is 9.58. The minimum atomic E-state index is -0.0825. The Balaban J connectivity index is 1.47. The van der Waals surface area contributed by atoms with Gasteiger partial charge < -0.3 is 5.32 Å². The van der Waals surface area contributed by atoms with Crippen molar-refractivity contribution in [3.05, 3.63) is 144 Å². The molecule has 8 rings (SSSR count). The standard InChI is InChI=1S/C42H35N/c1-4-15-27-16-5-14-25-38(27)43-41-32-21-10-8-19-30(32)39(31-20-9-11-22-33(31)41)35-26-37-40(29-18-7-6-17-28(29)35)34-23-12-13-24-36(34)42(37,2)3/h5-14,16-26,43H,4,15H2,1-3H3. The normalized spacial score (nSPS) is 13.4. The van der Waals surface area contributed by atoms with Crippen LogP contribution in [0, 0.1) is 0 Å². The van der Waals surface area contributed by atoms with Crippen molar-refractivity contribution in [3.63, 3.8) is 0 Å². The zero-order valence-corrected chi connectivity index (χ0v) is 25.0. The highest BCUT2D eigenvalue weighted by atomic mass is 14.9. The Bertz CT molecular complexity index is 2140. The van der Waals surface area contributed by atoms with E-state index in [1.807, 2.05) is 0 Å². The summed E-state index contributed by atoms with van der Waals surface area (Å²) >= 11 is 0. The van der Waals surface area contributed by atoms with E-state index in [0.717, 1.165) is 12.8 Å². The molecule has 7 aromatic carbocycles. The Morgan fingerprint density at radius 1 is 0.512 bits per heavy atom. The van der Waals surface area contributed by atoms with Crippen LogP contribution in [0.1, 0.15) is 43.9 Å². The van der Waals surface area contributed by atoms with Crippen LogP contribution in [-0.4, -0.2) is 0 Å². The second-order valence-corrected chi connectivity index (χ2v) is 12.4. The molecule has 1 heteroatoms. The second kappa shape index (κ2) is 9.85. The average Bonchev–Trinajstić information content (AvgIpc) is 3.28. The van der Waals surface area contributed by atoms with E-state index in [9.17, 15) is 0 Å². The fourth-order valence-corrected chi connectivity index (χ4v) is 7.57. The molecule has 0 radical (unpaired) electrons. The van der Waals surface area contributed by atoms with Gasteiger partial charge in [0.2, 0.25) is 0 Å². The monoisotopic (exact) mass is 553 g/mol. The molecule has 0 saturated carbocycles. The predicted molar refractivity (Wildman–Crippen MR) is 186 cm³/mol. The zero-order chi connectivity index (χ0) is 29.1. The number of aryl methyl sites for hydroxylation is 1. The van der Waals surface area contributed by atoms with Crippen molar-refractivity contribution in [2.24, 2.45) is 0 Å². The molecule has 0 aromatic heterocycles. The molecule has 0 amide bonds. The van der Waals surface area contributed by atoms with Gasteiger partial charge in [-0.1, -0.05) is 142 Å². The van der Waals surface area contributed by atoms with E-state index in [0.29, 0.717) is 0 Å². The van der Waals surface area contributed by atoms with Crippen molar-refractivity contribution >= 4 is 43.7 Å². The van der Waals surface area contributed by atoms with E-state index < -0.39 is 0 Å². The number of fused-ring (bicyclic) bond motifs is 7. The molecule has 1 N–H and O–H groups in total. The first kappa shape index (κ1) is 25.8. The van der Waals surface area contributed by atoms with E-state index in [1.165, 1.54) is 82.6 Å². The van der Waals surface area contributed by atoms with Gasteiger partial charge in [-0.2, -0.15) is 0 Å². The van der Waals surface area contributed by atoms with Gasteiger partial charge in [0.1, 0.15) is 0 Å². The summed E-state index contributed by atoms with van der Waals surface area (Å²) in [5.41, 5.74) is 11.8. The molecule has 0 fully saturated rings. The summed E-state index contributed by atoms with van der Waals surface area (Å²) in [5.74, 6) is 0. The van der Waals surface area contributed by atoms with Crippen molar-refractivity contribution in [2.45, 2.75) is 39.0 Å². The van der Waals surface area contributed by atoms with E-state index in [2.05, 4.69) is 153 Å². The van der Waals surface area contributed by atoms with Gasteiger partial charge in [0.25, 0.3) is 0 Å². The second-order valence-electron chi connectivity index (χ2n) is 12.4. The van der Waals surface area contributed by atoms with Gasteiger partial charge >= 0.3 is 0 Å². The minimum absolute atomic E-state index is 0.0825. The van der Waals surface area contributed by atoms with E-state index in [-0.39, 0.29) is 5.41 Å². The van der Waals surface area contributed by atoms with Crippen molar-refractivity contribution in [3.8, 4) is 22.3 Å². The number of hydrogen-bond donors (Lipinski definition) is 1. The Labute approximate surface area is 253 Å². The fraction of sp³-hybridized carbons (Fsp3) is 0.143. The molecule has 0 aliphatic heterocycles. The molecule has 1 nitrogen and oxygen atoms in total. The van der Waals surface area contributed by atoms with Crippen LogP contribution in [-0.2, 0) is 11.8 Å². The van der Waals surface area contributed by atoms with Crippen LogP contribution in [0.25, 0.3) is 54.6 Å². The lowest BCUT2D eigenvalue weighted by atomic mass is 9.79. The fourth-order valence-electron chi connectivity index (χ4n) is 7.57. The first-order valence-electron chi connectivity index (χ1n) is 15.5. The van der Waals surface area contributed by atoms with Gasteiger partial charge in [-0.25, -0.2) is 0 Å². The van der Waals surface area contributed by atoms with Crippen molar-refractivity contribution < 1.29 is 0 Å². The maximum Gasteiger partial charge on any atom is 0.0544 e. The highest BCUT2D eigenvalue weighted by Crippen LogP contribution is 2.54. The molecule has 1 aliphatic carbocycles. The molecule has 208 valence electrons. The largest absolute Gasteiger partial charge is 0.354 e. The molecule has 0 spiro atoms. The lowest BCUT2D eigenvalue weighted by Crippen LogP contribution is -2.15. The molecule has 1 aliphatic rings. The predicted octanol–water partition coefficient (Wildman–Crippen LogP) is 11.8. The van der Waals surface area contributed by atoms with E-state index in [1.54, 1.807) is 0 Å². The molecule has 0 atom stereocenters. The Morgan fingerprint density at radius 3 is 1.72 bits per heavy atom. The number of hydrogen-bond acceptors (Lipinski definition) is 1. The smallest absolute Gasteiger partial charge is 0.0544 e. The lowest BCUT2D eigenvalue weighted by molar-refractivity contribution is 0.661. The Kier molecular flexibility index (Phi) is 5.91. The number of benzene rings is 7. The van der Waals surface area contributed by atoms with Crippen LogP contribution < -0.4 is 5.32 Å². The molecule has 7 aromatic rings. The van der Waals surface area contributed by atoms with Crippen LogP contribution >= 0.6 is 0 Å². The number of para-hydroxylation sites is 1. The number of anilines is 2. The van der Waals surface area contributed by atoms with Crippen LogP contribution in [0.4, 0.5) is 11.4 Å². The molecule has 0 saturated heterocycles. The number of rotatable bonds is 5. The summed E-state index contributed by atoms with van der Waals surface area (Å²) in [5, 5.41) is 11.6. The summed E-state index contributed by atoms with van der Waals surface area (Å²) in [6.45, 7) is 7.01. The van der Waals surface area contributed by atoms with Gasteiger partial charge in [0.15, 0.2) is 0 Å². The third kappa shape index (κ3) is 3.85. The maximum absolute atomic E-state index is 3.93. The highest BCUT2D eigenvalue weighted by molar-refractivity contribution is 6.24. The summed E-state index contributed by atoms with van der Waals surface area (Å²) < 4.78 is 0. The van der Waals surface area contributed by atoms with Gasteiger partial charge in [0.05, 0.1) is 5.69 Å². The van der Waals surface area contributed by atoms with Gasteiger partial charge in [0, 0.05) is 21.9 Å². The van der Waals surface area contributed by atoms with Crippen LogP contribution in [0.15, 0.2) is 127 Å². The molecule has 0 bridgehead atoms. The van der Waals surface area contributed by atoms with Gasteiger partial charge in [-0.3, -0.25) is 0 Å². The highest BCUT2D eigenvalue weighted by Gasteiger charge is 2.37. The van der Waals surface area contributed by atoms with Crippen molar-refractivity contribution in [1.82, 2.24) is 0 Å². The zero-order valence-electron chi connectivity index (χ0n) is 25.0. The summed E-state index contributed by atoms with van der Waals surface area (Å²) in [6, 6.07) is 47.1. The quantitative estimate of drug-likeness (QED) is 0.209. The summed E-state index contributed by atoms with van der Waals surface area (Å²) in [4.78, 5) is 0. The minimum Gasteiger partial charge on any atom is -0.354 e. The third-order valence-corrected chi connectivity index (χ3v) is 9.58. The molecule has 0 unspecified atom stereocenters. The summed E-state index contributed by atoms with van der Waals surface area (Å²) in [6.07, 6.45) is 2.17. The van der Waals surface area contributed by atoms with Crippen molar-refractivity contribution in [1.29, 1.82) is 0 Å². The van der Waals surface area contributed by atoms with Gasteiger partial charge in [-0.15, -0.1) is 0 Å². The SMILES string of the molecule is CCCc1ccccc1Nc1c2ccccc2c(-c2cc3c(c4ccccc24)-c2ccccc2C3(C)C)c2ccccc12. The topological polar surface area (TPSA) is 12.0 Å². The molecular formula is C42H35N. The summed E-state index contributed by atoms with van der Waals surface area (Å²) in [7, 11) is 0. The van der Waals surface area contributed by atoms with Gasteiger partial charge in [-0.05, 0) is 79.0 Å². The molecular weight excluding hydrogens is 518 g/mol. The van der Waals surface area contributed by atoms with Crippen LogP contribution in [0.5, 0.6) is 0 Å². The first-order chi connectivity index (χ1) is 21.1. The molecule has 43 heavy (non-hydrogen) atoms.